The second kappa shape index (κ2) is 8.04. The van der Waals surface area contributed by atoms with Crippen molar-refractivity contribution in [3.63, 3.8) is 0 Å². The van der Waals surface area contributed by atoms with Crippen LogP contribution in [0.2, 0.25) is 0 Å². The zero-order chi connectivity index (χ0) is 12.6. The molecule has 0 radical (unpaired) electrons. The Bertz CT molecular complexity index is 167. The molecule has 0 saturated heterocycles. The van der Waals surface area contributed by atoms with Gasteiger partial charge in [-0.3, -0.25) is 0 Å². The van der Waals surface area contributed by atoms with Gasteiger partial charge in [0.2, 0.25) is 0 Å². The van der Waals surface area contributed by atoms with Crippen molar-refractivity contribution in [2.24, 2.45) is 5.73 Å². The highest BCUT2D eigenvalue weighted by Crippen LogP contribution is 2.14. The van der Waals surface area contributed by atoms with E-state index >= 15 is 0 Å². The Labute approximate surface area is 101 Å². The first kappa shape index (κ1) is 15.9. The molecule has 0 aliphatic carbocycles. The summed E-state index contributed by atoms with van der Waals surface area (Å²) in [5.74, 6) is 0. The van der Waals surface area contributed by atoms with E-state index in [2.05, 4.69) is 25.7 Å². The number of nitrogens with zero attached hydrogens (tertiary/aromatic N) is 1. The lowest BCUT2D eigenvalue weighted by atomic mass is 9.92. The molecular formula is C13H30N2O. The first-order valence-corrected chi connectivity index (χ1v) is 6.63. The fourth-order valence-corrected chi connectivity index (χ4v) is 1.92. The second-order valence-corrected chi connectivity index (χ2v) is 5.11. The molecule has 1 unspecified atom stereocenters. The molecule has 3 heteroatoms. The van der Waals surface area contributed by atoms with Crippen molar-refractivity contribution in [1.29, 1.82) is 0 Å². The Morgan fingerprint density at radius 2 is 1.88 bits per heavy atom. The van der Waals surface area contributed by atoms with Gasteiger partial charge in [0, 0.05) is 11.6 Å². The molecule has 3 nitrogen and oxygen atoms in total. The van der Waals surface area contributed by atoms with Gasteiger partial charge in [0.1, 0.15) is 0 Å². The van der Waals surface area contributed by atoms with Crippen LogP contribution in [0.1, 0.15) is 53.4 Å². The largest absolute Gasteiger partial charge is 0.394 e. The molecule has 0 aromatic carbocycles. The molecule has 0 saturated carbocycles. The van der Waals surface area contributed by atoms with Crippen molar-refractivity contribution >= 4 is 0 Å². The normalized spacial score (nSPS) is 15.8. The highest BCUT2D eigenvalue weighted by atomic mass is 16.3. The van der Waals surface area contributed by atoms with Crippen molar-refractivity contribution in [2.75, 3.05) is 19.7 Å². The topological polar surface area (TPSA) is 49.5 Å². The lowest BCUT2D eigenvalue weighted by Crippen LogP contribution is -2.44. The van der Waals surface area contributed by atoms with Crippen LogP contribution < -0.4 is 5.73 Å². The zero-order valence-electron chi connectivity index (χ0n) is 11.5. The van der Waals surface area contributed by atoms with Crippen LogP contribution in [0, 0.1) is 0 Å². The Morgan fingerprint density at radius 3 is 2.25 bits per heavy atom. The molecule has 0 aromatic rings. The first-order valence-electron chi connectivity index (χ1n) is 6.63. The van der Waals surface area contributed by atoms with E-state index in [1.165, 1.54) is 6.42 Å². The van der Waals surface area contributed by atoms with Gasteiger partial charge < -0.3 is 15.7 Å². The Kier molecular flexibility index (Phi) is 7.98. The summed E-state index contributed by atoms with van der Waals surface area (Å²) in [7, 11) is 0. The van der Waals surface area contributed by atoms with Gasteiger partial charge in [-0.15, -0.1) is 0 Å². The van der Waals surface area contributed by atoms with Gasteiger partial charge in [-0.1, -0.05) is 13.8 Å². The third-order valence-electron chi connectivity index (χ3n) is 3.38. The van der Waals surface area contributed by atoms with Crippen molar-refractivity contribution in [1.82, 2.24) is 4.90 Å². The van der Waals surface area contributed by atoms with E-state index in [4.69, 9.17) is 5.73 Å². The van der Waals surface area contributed by atoms with E-state index in [1.807, 2.05) is 6.92 Å². The summed E-state index contributed by atoms with van der Waals surface area (Å²) in [6, 6.07) is 0.600. The minimum atomic E-state index is -0.366. The summed E-state index contributed by atoms with van der Waals surface area (Å²) >= 11 is 0. The minimum absolute atomic E-state index is 0.0962. The molecule has 0 amide bonds. The van der Waals surface area contributed by atoms with Crippen molar-refractivity contribution in [2.45, 2.75) is 65.0 Å². The molecular weight excluding hydrogens is 200 g/mol. The molecule has 3 N–H and O–H groups in total. The maximum absolute atomic E-state index is 9.22. The predicted molar refractivity (Wildman–Crippen MR) is 70.5 cm³/mol. The van der Waals surface area contributed by atoms with Gasteiger partial charge >= 0.3 is 0 Å². The third-order valence-corrected chi connectivity index (χ3v) is 3.38. The summed E-state index contributed by atoms with van der Waals surface area (Å²) in [4.78, 5) is 2.48. The van der Waals surface area contributed by atoms with E-state index in [9.17, 15) is 5.11 Å². The molecule has 0 aliphatic heterocycles. The molecule has 0 rings (SSSR count). The molecule has 0 bridgehead atoms. The highest BCUT2D eigenvalue weighted by Gasteiger charge is 2.21. The van der Waals surface area contributed by atoms with E-state index in [0.29, 0.717) is 6.04 Å². The Hall–Kier alpha value is -0.120. The highest BCUT2D eigenvalue weighted by molar-refractivity contribution is 4.82. The Morgan fingerprint density at radius 1 is 1.25 bits per heavy atom. The molecule has 0 spiro atoms. The van der Waals surface area contributed by atoms with E-state index in [-0.39, 0.29) is 12.1 Å². The zero-order valence-corrected chi connectivity index (χ0v) is 11.5. The van der Waals surface area contributed by atoms with E-state index < -0.39 is 0 Å². The fraction of sp³-hybridized carbons (Fsp3) is 1.00. The number of aliphatic hydroxyl groups is 1. The van der Waals surface area contributed by atoms with Crippen LogP contribution in [0.5, 0.6) is 0 Å². The predicted octanol–water partition coefficient (Wildman–Crippen LogP) is 1.99. The number of hydrogen-bond donors (Lipinski definition) is 2. The standard InChI is InChI=1S/C13H30N2O/c1-5-9-15(12(3)4)10-7-8-13(14,6-2)11-16/h12,16H,5-11,14H2,1-4H3. The number of hydrogen-bond acceptors (Lipinski definition) is 3. The summed E-state index contributed by atoms with van der Waals surface area (Å²) in [6.45, 7) is 11.1. The Balaban J connectivity index is 3.93. The van der Waals surface area contributed by atoms with Crippen LogP contribution in [-0.4, -0.2) is 41.3 Å². The molecule has 0 fully saturated rings. The SMILES string of the molecule is CCCN(CCCC(N)(CC)CO)C(C)C. The van der Waals surface area contributed by atoms with Crippen LogP contribution in [0.25, 0.3) is 0 Å². The number of rotatable bonds is 9. The second-order valence-electron chi connectivity index (χ2n) is 5.11. The lowest BCUT2D eigenvalue weighted by molar-refractivity contribution is 0.164. The lowest BCUT2D eigenvalue weighted by Gasteiger charge is -2.29. The molecule has 16 heavy (non-hydrogen) atoms. The van der Waals surface area contributed by atoms with Crippen LogP contribution in [0.3, 0.4) is 0 Å². The van der Waals surface area contributed by atoms with Crippen molar-refractivity contribution in [3.8, 4) is 0 Å². The first-order chi connectivity index (χ1) is 7.49. The van der Waals surface area contributed by atoms with Gasteiger partial charge in [0.05, 0.1) is 6.61 Å². The molecule has 0 aliphatic rings. The smallest absolute Gasteiger partial charge is 0.0611 e. The van der Waals surface area contributed by atoms with Crippen LogP contribution in [0.4, 0.5) is 0 Å². The summed E-state index contributed by atoms with van der Waals surface area (Å²) in [5.41, 5.74) is 5.70. The maximum Gasteiger partial charge on any atom is 0.0611 e. The molecule has 0 aromatic heterocycles. The van der Waals surface area contributed by atoms with Gasteiger partial charge in [-0.25, -0.2) is 0 Å². The average Bonchev–Trinajstić information content (AvgIpc) is 2.27. The monoisotopic (exact) mass is 230 g/mol. The minimum Gasteiger partial charge on any atom is -0.394 e. The summed E-state index contributed by atoms with van der Waals surface area (Å²) in [6.07, 6.45) is 4.02. The van der Waals surface area contributed by atoms with Gasteiger partial charge in [0.25, 0.3) is 0 Å². The fourth-order valence-electron chi connectivity index (χ4n) is 1.92. The maximum atomic E-state index is 9.22. The molecule has 0 heterocycles. The van der Waals surface area contributed by atoms with Crippen molar-refractivity contribution in [3.05, 3.63) is 0 Å². The average molecular weight is 230 g/mol. The van der Waals surface area contributed by atoms with Gasteiger partial charge in [-0.2, -0.15) is 0 Å². The quantitative estimate of drug-likeness (QED) is 0.637. The van der Waals surface area contributed by atoms with Crippen LogP contribution >= 0.6 is 0 Å². The van der Waals surface area contributed by atoms with E-state index in [1.54, 1.807) is 0 Å². The summed E-state index contributed by atoms with van der Waals surface area (Å²) in [5, 5.41) is 9.22. The van der Waals surface area contributed by atoms with Crippen LogP contribution in [0.15, 0.2) is 0 Å². The van der Waals surface area contributed by atoms with E-state index in [0.717, 1.165) is 32.4 Å². The number of aliphatic hydroxyl groups excluding tert-OH is 1. The summed E-state index contributed by atoms with van der Waals surface area (Å²) < 4.78 is 0. The molecule has 98 valence electrons. The molecule has 1 atom stereocenters. The van der Waals surface area contributed by atoms with Crippen molar-refractivity contribution < 1.29 is 5.11 Å². The van der Waals surface area contributed by atoms with Crippen LogP contribution in [-0.2, 0) is 0 Å². The third kappa shape index (κ3) is 5.83. The van der Waals surface area contributed by atoms with Gasteiger partial charge in [0.15, 0.2) is 0 Å². The number of nitrogens with two attached hydrogens (primary N) is 1. The van der Waals surface area contributed by atoms with Gasteiger partial charge in [-0.05, 0) is 52.6 Å².